The maximum Gasteiger partial charge on any atom is 0.240 e. The normalized spacial score (nSPS) is 12.4. The van der Waals surface area contributed by atoms with Crippen LogP contribution in [0, 0.1) is 0 Å². The lowest BCUT2D eigenvalue weighted by atomic mass is 9.96. The van der Waals surface area contributed by atoms with Crippen LogP contribution >= 0.6 is 0 Å². The van der Waals surface area contributed by atoms with Gasteiger partial charge in [-0.05, 0) is 26.6 Å². The number of hydrogen-bond donors (Lipinski definition) is 1. The summed E-state index contributed by atoms with van der Waals surface area (Å²) in [6.45, 7) is 8.55. The van der Waals surface area contributed by atoms with Crippen LogP contribution in [0.5, 0.6) is 0 Å². The third-order valence-electron chi connectivity index (χ3n) is 2.29. The fourth-order valence-corrected chi connectivity index (χ4v) is 1.29. The standard InChI is InChI=1S/C11H22N4O/c1-11(2,3)10-13-9(16-14-10)8-15(4)7-5-6-12/h5-8,12H2,1-4H3. The van der Waals surface area contributed by atoms with Crippen LogP contribution in [0.1, 0.15) is 38.9 Å². The van der Waals surface area contributed by atoms with E-state index in [9.17, 15) is 0 Å². The first kappa shape index (κ1) is 13.1. The molecule has 0 unspecified atom stereocenters. The number of aromatic nitrogens is 2. The minimum absolute atomic E-state index is 0.0580. The molecule has 0 saturated heterocycles. The summed E-state index contributed by atoms with van der Waals surface area (Å²) in [5.74, 6) is 1.43. The Kier molecular flexibility index (Phi) is 4.44. The molecule has 0 amide bonds. The van der Waals surface area contributed by atoms with Crippen LogP contribution in [0.4, 0.5) is 0 Å². The highest BCUT2D eigenvalue weighted by Crippen LogP contribution is 2.18. The Morgan fingerprint density at radius 1 is 1.38 bits per heavy atom. The molecule has 5 nitrogen and oxygen atoms in total. The lowest BCUT2D eigenvalue weighted by Gasteiger charge is -2.13. The van der Waals surface area contributed by atoms with E-state index in [2.05, 4.69) is 35.8 Å². The first-order valence-electron chi connectivity index (χ1n) is 5.65. The van der Waals surface area contributed by atoms with Crippen molar-refractivity contribution in [1.82, 2.24) is 15.0 Å². The second kappa shape index (κ2) is 5.41. The predicted octanol–water partition coefficient (Wildman–Crippen LogP) is 1.15. The summed E-state index contributed by atoms with van der Waals surface area (Å²) in [7, 11) is 2.02. The lowest BCUT2D eigenvalue weighted by molar-refractivity contribution is 0.264. The molecule has 92 valence electrons. The zero-order valence-corrected chi connectivity index (χ0v) is 10.7. The van der Waals surface area contributed by atoms with E-state index in [0.717, 1.165) is 18.8 Å². The minimum atomic E-state index is -0.0580. The fourth-order valence-electron chi connectivity index (χ4n) is 1.29. The average Bonchev–Trinajstić information content (AvgIpc) is 2.62. The van der Waals surface area contributed by atoms with E-state index in [4.69, 9.17) is 10.3 Å². The number of nitrogens with zero attached hydrogens (tertiary/aromatic N) is 3. The van der Waals surface area contributed by atoms with Crippen molar-refractivity contribution in [2.24, 2.45) is 5.73 Å². The third-order valence-corrected chi connectivity index (χ3v) is 2.29. The Morgan fingerprint density at radius 3 is 2.56 bits per heavy atom. The van der Waals surface area contributed by atoms with E-state index in [1.54, 1.807) is 0 Å². The van der Waals surface area contributed by atoms with E-state index in [1.165, 1.54) is 0 Å². The van der Waals surface area contributed by atoms with Gasteiger partial charge >= 0.3 is 0 Å². The molecule has 0 aliphatic heterocycles. The molecule has 16 heavy (non-hydrogen) atoms. The Labute approximate surface area is 97.0 Å². The van der Waals surface area contributed by atoms with Crippen LogP contribution < -0.4 is 5.73 Å². The van der Waals surface area contributed by atoms with Gasteiger partial charge in [-0.3, -0.25) is 4.90 Å². The van der Waals surface area contributed by atoms with Gasteiger partial charge in [-0.1, -0.05) is 25.9 Å². The van der Waals surface area contributed by atoms with E-state index in [0.29, 0.717) is 19.0 Å². The van der Waals surface area contributed by atoms with Gasteiger partial charge in [-0.25, -0.2) is 0 Å². The summed E-state index contributed by atoms with van der Waals surface area (Å²) in [6.07, 6.45) is 0.983. The molecule has 0 saturated carbocycles. The minimum Gasteiger partial charge on any atom is -0.338 e. The largest absolute Gasteiger partial charge is 0.338 e. The number of hydrogen-bond acceptors (Lipinski definition) is 5. The highest BCUT2D eigenvalue weighted by molar-refractivity contribution is 4.99. The van der Waals surface area contributed by atoms with Crippen LogP contribution in [-0.4, -0.2) is 35.2 Å². The van der Waals surface area contributed by atoms with Crippen molar-refractivity contribution in [2.75, 3.05) is 20.1 Å². The van der Waals surface area contributed by atoms with Gasteiger partial charge in [0.2, 0.25) is 5.89 Å². The molecule has 1 aromatic heterocycles. The van der Waals surface area contributed by atoms with Gasteiger partial charge in [0.1, 0.15) is 0 Å². The highest BCUT2D eigenvalue weighted by atomic mass is 16.5. The average molecular weight is 226 g/mol. The molecule has 1 heterocycles. The fraction of sp³-hybridized carbons (Fsp3) is 0.818. The Hall–Kier alpha value is -0.940. The van der Waals surface area contributed by atoms with Gasteiger partial charge in [0.15, 0.2) is 5.82 Å². The smallest absolute Gasteiger partial charge is 0.240 e. The second-order valence-corrected chi connectivity index (χ2v) is 5.14. The van der Waals surface area contributed by atoms with Crippen molar-refractivity contribution < 1.29 is 4.52 Å². The summed E-state index contributed by atoms with van der Waals surface area (Å²) in [4.78, 5) is 6.51. The maximum atomic E-state index is 5.45. The van der Waals surface area contributed by atoms with E-state index >= 15 is 0 Å². The molecule has 0 atom stereocenters. The van der Waals surface area contributed by atoms with Gasteiger partial charge in [-0.15, -0.1) is 0 Å². The molecule has 1 aromatic rings. The number of rotatable bonds is 5. The molecule has 0 fully saturated rings. The molecule has 0 aliphatic rings. The Morgan fingerprint density at radius 2 is 2.06 bits per heavy atom. The molecule has 1 rings (SSSR count). The summed E-state index contributed by atoms with van der Waals surface area (Å²) in [5.41, 5.74) is 5.40. The summed E-state index contributed by atoms with van der Waals surface area (Å²) in [6, 6.07) is 0. The zero-order valence-electron chi connectivity index (χ0n) is 10.7. The molecule has 0 spiro atoms. The number of nitrogens with two attached hydrogens (primary N) is 1. The van der Waals surface area contributed by atoms with Crippen molar-refractivity contribution in [1.29, 1.82) is 0 Å². The molecular weight excluding hydrogens is 204 g/mol. The van der Waals surface area contributed by atoms with Gasteiger partial charge in [0.05, 0.1) is 6.54 Å². The van der Waals surface area contributed by atoms with Crippen molar-refractivity contribution in [2.45, 2.75) is 39.2 Å². The molecule has 0 radical (unpaired) electrons. The van der Waals surface area contributed by atoms with Crippen LogP contribution in [0.15, 0.2) is 4.52 Å². The van der Waals surface area contributed by atoms with Crippen LogP contribution in [0.25, 0.3) is 0 Å². The first-order chi connectivity index (χ1) is 7.43. The predicted molar refractivity (Wildman–Crippen MR) is 63.0 cm³/mol. The van der Waals surface area contributed by atoms with Crippen molar-refractivity contribution in [3.63, 3.8) is 0 Å². The molecule has 0 aliphatic carbocycles. The first-order valence-corrected chi connectivity index (χ1v) is 5.65. The maximum absolute atomic E-state index is 5.45. The van der Waals surface area contributed by atoms with Crippen molar-refractivity contribution >= 4 is 0 Å². The topological polar surface area (TPSA) is 68.2 Å². The molecule has 0 aromatic carbocycles. The lowest BCUT2D eigenvalue weighted by Crippen LogP contribution is -2.21. The molecule has 0 bridgehead atoms. The third kappa shape index (κ3) is 3.90. The Bertz CT molecular complexity index is 316. The van der Waals surface area contributed by atoms with Gasteiger partial charge in [0.25, 0.3) is 0 Å². The summed E-state index contributed by atoms with van der Waals surface area (Å²) >= 11 is 0. The van der Waals surface area contributed by atoms with Gasteiger partial charge in [-0.2, -0.15) is 4.98 Å². The zero-order chi connectivity index (χ0) is 12.2. The Balaban J connectivity index is 2.52. The van der Waals surface area contributed by atoms with Crippen LogP contribution in [0.3, 0.4) is 0 Å². The summed E-state index contributed by atoms with van der Waals surface area (Å²) < 4.78 is 5.21. The van der Waals surface area contributed by atoms with E-state index < -0.39 is 0 Å². The van der Waals surface area contributed by atoms with Crippen molar-refractivity contribution in [3.8, 4) is 0 Å². The monoisotopic (exact) mass is 226 g/mol. The van der Waals surface area contributed by atoms with E-state index in [-0.39, 0.29) is 5.41 Å². The molecule has 5 heteroatoms. The van der Waals surface area contributed by atoms with Crippen LogP contribution in [-0.2, 0) is 12.0 Å². The van der Waals surface area contributed by atoms with Crippen LogP contribution in [0.2, 0.25) is 0 Å². The molecule has 2 N–H and O–H groups in total. The molecular formula is C11H22N4O. The SMILES string of the molecule is CN(CCCN)Cc1nc(C(C)(C)C)no1. The quantitative estimate of drug-likeness (QED) is 0.815. The van der Waals surface area contributed by atoms with Crippen molar-refractivity contribution in [3.05, 3.63) is 11.7 Å². The van der Waals surface area contributed by atoms with E-state index in [1.807, 2.05) is 7.05 Å². The van der Waals surface area contributed by atoms with Gasteiger partial charge in [0, 0.05) is 5.41 Å². The van der Waals surface area contributed by atoms with Gasteiger partial charge < -0.3 is 10.3 Å². The highest BCUT2D eigenvalue weighted by Gasteiger charge is 2.21. The second-order valence-electron chi connectivity index (χ2n) is 5.14. The summed E-state index contributed by atoms with van der Waals surface area (Å²) in [5, 5.41) is 3.98.